The minimum absolute atomic E-state index is 0.138. The van der Waals surface area contributed by atoms with Gasteiger partial charge in [-0.1, -0.05) is 69.2 Å². The van der Waals surface area contributed by atoms with E-state index in [1.807, 2.05) is 48.5 Å². The third-order valence-electron chi connectivity index (χ3n) is 7.12. The number of aryl methyl sites for hydroxylation is 1. The molecule has 0 atom stereocenters. The van der Waals surface area contributed by atoms with Crippen molar-refractivity contribution in [1.82, 2.24) is 19.6 Å². The van der Waals surface area contributed by atoms with Crippen molar-refractivity contribution in [1.29, 1.82) is 0 Å². The molecule has 10 heteroatoms. The average Bonchev–Trinajstić information content (AvgIpc) is 3.31. The van der Waals surface area contributed by atoms with Gasteiger partial charge in [-0.2, -0.15) is 0 Å². The number of hydrogen-bond acceptors (Lipinski definition) is 5. The second-order valence-corrected chi connectivity index (χ2v) is 12.2. The molecule has 0 saturated carbocycles. The van der Waals surface area contributed by atoms with Crippen LogP contribution in [0, 0.1) is 0 Å². The molecule has 0 spiro atoms. The Bertz CT molecular complexity index is 1660. The summed E-state index contributed by atoms with van der Waals surface area (Å²) < 4.78 is 27.5. The number of urea groups is 1. The molecule has 222 valence electrons. The van der Waals surface area contributed by atoms with Crippen molar-refractivity contribution in [2.45, 2.75) is 52.5 Å². The lowest BCUT2D eigenvalue weighted by atomic mass is 9.98. The summed E-state index contributed by atoms with van der Waals surface area (Å²) in [6, 6.07) is 20.6. The topological polar surface area (TPSA) is 113 Å². The van der Waals surface area contributed by atoms with Crippen LogP contribution in [0.3, 0.4) is 0 Å². The number of benzene rings is 3. The van der Waals surface area contributed by atoms with Gasteiger partial charge in [0.1, 0.15) is 5.82 Å². The van der Waals surface area contributed by atoms with E-state index in [4.69, 9.17) is 4.98 Å². The largest absolute Gasteiger partial charge is 0.338 e. The zero-order valence-corrected chi connectivity index (χ0v) is 25.5. The van der Waals surface area contributed by atoms with E-state index in [2.05, 4.69) is 28.5 Å². The number of amides is 3. The van der Waals surface area contributed by atoms with Gasteiger partial charge in [0.25, 0.3) is 5.91 Å². The van der Waals surface area contributed by atoms with E-state index in [1.54, 1.807) is 30.1 Å². The number of anilines is 1. The maximum absolute atomic E-state index is 12.7. The molecule has 3 amide bonds. The van der Waals surface area contributed by atoms with E-state index in [0.29, 0.717) is 18.7 Å². The summed E-state index contributed by atoms with van der Waals surface area (Å²) in [5, 5.41) is 2.97. The van der Waals surface area contributed by atoms with E-state index < -0.39 is 15.9 Å². The molecule has 9 nitrogen and oxygen atoms in total. The van der Waals surface area contributed by atoms with Crippen molar-refractivity contribution in [3.63, 3.8) is 0 Å². The van der Waals surface area contributed by atoms with Gasteiger partial charge in [0, 0.05) is 37.8 Å². The Hall–Kier alpha value is -4.18. The van der Waals surface area contributed by atoms with Crippen LogP contribution in [0.1, 0.15) is 61.3 Å². The first-order valence-corrected chi connectivity index (χ1v) is 16.2. The molecule has 3 aromatic carbocycles. The van der Waals surface area contributed by atoms with Gasteiger partial charge in [0.05, 0.1) is 17.3 Å². The Morgan fingerprint density at radius 3 is 2.36 bits per heavy atom. The molecule has 0 bridgehead atoms. The summed E-state index contributed by atoms with van der Waals surface area (Å²) in [7, 11) is -1.92. The van der Waals surface area contributed by atoms with Gasteiger partial charge in [0.15, 0.2) is 0 Å². The fraction of sp³-hybridized carbons (Fsp3) is 0.344. The zero-order valence-electron chi connectivity index (χ0n) is 24.7. The maximum Gasteiger partial charge on any atom is 0.321 e. The molecular weight excluding hydrogens is 550 g/mol. The number of rotatable bonds is 12. The first kappa shape index (κ1) is 30.8. The van der Waals surface area contributed by atoms with Gasteiger partial charge in [-0.05, 0) is 53.8 Å². The predicted molar refractivity (Wildman–Crippen MR) is 168 cm³/mol. The minimum Gasteiger partial charge on any atom is -0.338 e. The molecule has 2 N–H and O–H groups in total. The van der Waals surface area contributed by atoms with Gasteiger partial charge >= 0.3 is 6.03 Å². The molecule has 0 fully saturated rings. The number of sulfonamides is 1. The van der Waals surface area contributed by atoms with Crippen LogP contribution in [-0.4, -0.2) is 49.8 Å². The van der Waals surface area contributed by atoms with Crippen LogP contribution in [0.4, 0.5) is 10.5 Å². The Kier molecular flexibility index (Phi) is 10.0. The van der Waals surface area contributed by atoms with Gasteiger partial charge in [-0.25, -0.2) is 22.9 Å². The highest BCUT2D eigenvalue weighted by atomic mass is 32.2. The predicted octanol–water partition coefficient (Wildman–Crippen LogP) is 5.73. The quantitative estimate of drug-likeness (QED) is 0.205. The third-order valence-corrected chi connectivity index (χ3v) is 7.67. The van der Waals surface area contributed by atoms with Gasteiger partial charge < -0.3 is 9.88 Å². The van der Waals surface area contributed by atoms with E-state index in [0.717, 1.165) is 72.0 Å². The number of nitrogens with zero attached hydrogens (tertiary/aromatic N) is 3. The van der Waals surface area contributed by atoms with Crippen molar-refractivity contribution in [2.75, 3.05) is 24.7 Å². The van der Waals surface area contributed by atoms with Crippen LogP contribution in [0.15, 0.2) is 66.7 Å². The smallest absolute Gasteiger partial charge is 0.321 e. The highest BCUT2D eigenvalue weighted by Gasteiger charge is 2.18. The van der Waals surface area contributed by atoms with Crippen LogP contribution in [0.2, 0.25) is 0 Å². The minimum atomic E-state index is -3.69. The standard InChI is InChI=1S/C32H39N5O4S/c1-5-7-13-30-34-28-19-18-25(36(3)32(39)33-20-8-6-2)21-29(28)37(30)22-23-14-16-24(17-15-23)26-11-9-10-12-27(26)31(38)35-42(4,40)41/h9-12,14-19,21H,5-8,13,20,22H2,1-4H3,(H,33,39)(H,35,38). The summed E-state index contributed by atoms with van der Waals surface area (Å²) in [6.07, 6.45) is 5.82. The molecule has 1 heterocycles. The number of hydrogen-bond donors (Lipinski definition) is 2. The molecule has 0 radical (unpaired) electrons. The fourth-order valence-corrected chi connectivity index (χ4v) is 5.25. The van der Waals surface area contributed by atoms with Crippen molar-refractivity contribution in [3.8, 4) is 11.1 Å². The first-order valence-electron chi connectivity index (χ1n) is 14.3. The Balaban J connectivity index is 1.64. The summed E-state index contributed by atoms with van der Waals surface area (Å²) in [5.74, 6) is 0.327. The molecule has 4 aromatic rings. The molecule has 42 heavy (non-hydrogen) atoms. The molecule has 0 aliphatic carbocycles. The lowest BCUT2D eigenvalue weighted by Crippen LogP contribution is -2.37. The van der Waals surface area contributed by atoms with Crippen LogP contribution in [0.5, 0.6) is 0 Å². The van der Waals surface area contributed by atoms with E-state index in [-0.39, 0.29) is 11.6 Å². The second kappa shape index (κ2) is 13.7. The summed E-state index contributed by atoms with van der Waals surface area (Å²) in [5.41, 5.74) is 5.41. The van der Waals surface area contributed by atoms with Gasteiger partial charge in [-0.15, -0.1) is 0 Å². The number of unbranched alkanes of at least 4 members (excludes halogenated alkanes) is 2. The lowest BCUT2D eigenvalue weighted by molar-refractivity contribution is 0.0982. The van der Waals surface area contributed by atoms with E-state index >= 15 is 0 Å². The maximum atomic E-state index is 12.7. The lowest BCUT2D eigenvalue weighted by Gasteiger charge is -2.18. The normalized spacial score (nSPS) is 11.4. The van der Waals surface area contributed by atoms with E-state index in [1.165, 1.54) is 0 Å². The molecule has 0 unspecified atom stereocenters. The van der Waals surface area contributed by atoms with Crippen molar-refractivity contribution >= 4 is 38.7 Å². The van der Waals surface area contributed by atoms with Crippen LogP contribution in [0.25, 0.3) is 22.2 Å². The first-order chi connectivity index (χ1) is 20.1. The van der Waals surface area contributed by atoms with E-state index in [9.17, 15) is 18.0 Å². The van der Waals surface area contributed by atoms with Crippen molar-refractivity contribution < 1.29 is 18.0 Å². The molecule has 4 rings (SSSR count). The Morgan fingerprint density at radius 2 is 1.67 bits per heavy atom. The molecule has 1 aromatic heterocycles. The van der Waals surface area contributed by atoms with Crippen LogP contribution in [-0.2, 0) is 23.0 Å². The van der Waals surface area contributed by atoms with Crippen LogP contribution >= 0.6 is 0 Å². The van der Waals surface area contributed by atoms with Gasteiger partial charge in [-0.3, -0.25) is 9.69 Å². The average molecular weight is 590 g/mol. The third kappa shape index (κ3) is 7.55. The summed E-state index contributed by atoms with van der Waals surface area (Å²) in [6.45, 7) is 5.48. The van der Waals surface area contributed by atoms with Crippen molar-refractivity contribution in [2.24, 2.45) is 0 Å². The van der Waals surface area contributed by atoms with Gasteiger partial charge in [0.2, 0.25) is 10.0 Å². The molecule has 0 aliphatic heterocycles. The second-order valence-electron chi connectivity index (χ2n) is 10.5. The Labute approximate surface area is 248 Å². The molecular formula is C32H39N5O4S. The monoisotopic (exact) mass is 589 g/mol. The fourth-order valence-electron chi connectivity index (χ4n) is 4.81. The number of nitrogens with one attached hydrogen (secondary N) is 2. The Morgan fingerprint density at radius 1 is 0.952 bits per heavy atom. The zero-order chi connectivity index (χ0) is 30.3. The highest BCUT2D eigenvalue weighted by Crippen LogP contribution is 2.27. The molecule has 0 saturated heterocycles. The van der Waals surface area contributed by atoms with Crippen molar-refractivity contribution in [3.05, 3.63) is 83.7 Å². The number of carbonyl (C=O) groups excluding carboxylic acids is 2. The molecule has 0 aliphatic rings. The highest BCUT2D eigenvalue weighted by molar-refractivity contribution is 7.89. The number of carbonyl (C=O) groups is 2. The number of aromatic nitrogens is 2. The number of imidazole rings is 1. The summed E-state index contributed by atoms with van der Waals surface area (Å²) >= 11 is 0. The summed E-state index contributed by atoms with van der Waals surface area (Å²) in [4.78, 5) is 31.9. The number of fused-ring (bicyclic) bond motifs is 1. The SMILES string of the molecule is CCCCNC(=O)N(C)c1ccc2nc(CCCC)n(Cc3ccc(-c4ccccc4C(=O)NS(C)(=O)=O)cc3)c2c1. The van der Waals surface area contributed by atoms with Crippen LogP contribution < -0.4 is 14.9 Å².